The monoisotopic (exact) mass is 693 g/mol. The number of H-pyrrole nitrogens is 1. The van der Waals surface area contributed by atoms with Gasteiger partial charge in [0.15, 0.2) is 11.5 Å². The molecule has 1 saturated carbocycles. The molecule has 0 unspecified atom stereocenters. The first-order valence-electron chi connectivity index (χ1n) is 17.6. The number of rotatable bonds is 7. The molecule has 3 heterocycles. The lowest BCUT2D eigenvalue weighted by molar-refractivity contribution is -0.132. The average molecular weight is 694 g/mol. The highest BCUT2D eigenvalue weighted by Crippen LogP contribution is 2.39. The van der Waals surface area contributed by atoms with Crippen LogP contribution in [0, 0.1) is 5.92 Å². The smallest absolute Gasteiger partial charge is 0.252 e. The SMILES string of the molecule is COc1ccc2cc1OCc1cn(nn1)CCCN(Cc1cc(C3CC3)n[nH]1)CCCCNC(=O)[C@H]([C@@H](C)O)NC(=O)[C@@H](CC(C)C)NC2=O. The van der Waals surface area contributed by atoms with Gasteiger partial charge in [0.2, 0.25) is 11.8 Å². The van der Waals surface area contributed by atoms with Crippen LogP contribution in [-0.4, -0.2) is 97.9 Å². The number of hydrogen-bond acceptors (Lipinski definition) is 10. The number of carbonyl (C=O) groups excluding carboxylic acids is 3. The van der Waals surface area contributed by atoms with Gasteiger partial charge in [0.05, 0.1) is 25.1 Å². The number of ether oxygens (including phenoxy) is 2. The molecule has 0 radical (unpaired) electrons. The molecule has 2 aliphatic rings. The highest BCUT2D eigenvalue weighted by molar-refractivity contribution is 5.99. The van der Waals surface area contributed by atoms with Crippen molar-refractivity contribution >= 4 is 17.7 Å². The minimum absolute atomic E-state index is 0.0491. The Morgan fingerprint density at radius 2 is 1.82 bits per heavy atom. The van der Waals surface area contributed by atoms with E-state index >= 15 is 0 Å². The maximum absolute atomic E-state index is 13.5. The number of carbonyl (C=O) groups is 3. The molecular formula is C35H51N9O6. The first-order chi connectivity index (χ1) is 24.1. The fourth-order valence-corrected chi connectivity index (χ4v) is 6.00. The number of hydrogen-bond donors (Lipinski definition) is 5. The zero-order chi connectivity index (χ0) is 35.6. The Morgan fingerprint density at radius 1 is 1.02 bits per heavy atom. The maximum atomic E-state index is 13.5. The van der Waals surface area contributed by atoms with E-state index in [9.17, 15) is 19.5 Å². The van der Waals surface area contributed by atoms with Crippen LogP contribution < -0.4 is 25.4 Å². The molecule has 1 aliphatic carbocycles. The Labute approximate surface area is 292 Å². The summed E-state index contributed by atoms with van der Waals surface area (Å²) in [4.78, 5) is 42.4. The Kier molecular flexibility index (Phi) is 12.8. The van der Waals surface area contributed by atoms with Gasteiger partial charge in [0.1, 0.15) is 24.4 Å². The van der Waals surface area contributed by atoms with Gasteiger partial charge in [-0.15, -0.1) is 5.10 Å². The van der Waals surface area contributed by atoms with Gasteiger partial charge in [-0.2, -0.15) is 5.10 Å². The Morgan fingerprint density at radius 3 is 2.56 bits per heavy atom. The summed E-state index contributed by atoms with van der Waals surface area (Å²) in [6, 6.07) is 4.78. The predicted octanol–water partition coefficient (Wildman–Crippen LogP) is 2.28. The second-order valence-electron chi connectivity index (χ2n) is 13.7. The van der Waals surface area contributed by atoms with Gasteiger partial charge in [-0.3, -0.25) is 29.1 Å². The second kappa shape index (κ2) is 17.4. The van der Waals surface area contributed by atoms with Gasteiger partial charge in [-0.1, -0.05) is 19.1 Å². The Hall–Kier alpha value is -4.50. The number of aromatic amines is 1. The summed E-state index contributed by atoms with van der Waals surface area (Å²) in [7, 11) is 1.51. The molecule has 0 spiro atoms. The van der Waals surface area contributed by atoms with Gasteiger partial charge in [0.25, 0.3) is 5.91 Å². The zero-order valence-electron chi connectivity index (χ0n) is 29.5. The van der Waals surface area contributed by atoms with Crippen LogP contribution in [0.3, 0.4) is 0 Å². The normalized spacial score (nSPS) is 21.4. The molecule has 15 heteroatoms. The van der Waals surface area contributed by atoms with E-state index < -0.39 is 35.9 Å². The number of aromatic nitrogens is 5. The third-order valence-electron chi connectivity index (χ3n) is 8.88. The van der Waals surface area contributed by atoms with Crippen molar-refractivity contribution in [1.29, 1.82) is 0 Å². The van der Waals surface area contributed by atoms with Crippen molar-refractivity contribution in [2.45, 2.75) is 103 Å². The molecule has 3 atom stereocenters. The van der Waals surface area contributed by atoms with Crippen molar-refractivity contribution in [3.8, 4) is 11.5 Å². The first kappa shape index (κ1) is 36.8. The highest BCUT2D eigenvalue weighted by Gasteiger charge is 2.31. The van der Waals surface area contributed by atoms with Crippen LogP contribution in [0.2, 0.25) is 0 Å². The molecule has 272 valence electrons. The fourth-order valence-electron chi connectivity index (χ4n) is 6.00. The van der Waals surface area contributed by atoms with E-state index in [4.69, 9.17) is 9.47 Å². The van der Waals surface area contributed by atoms with E-state index in [1.165, 1.54) is 26.9 Å². The van der Waals surface area contributed by atoms with E-state index in [1.807, 2.05) is 20.0 Å². The highest BCUT2D eigenvalue weighted by atomic mass is 16.5. The van der Waals surface area contributed by atoms with Crippen molar-refractivity contribution in [3.05, 3.63) is 53.1 Å². The molecule has 1 aliphatic heterocycles. The first-order valence-corrected chi connectivity index (χ1v) is 17.6. The van der Waals surface area contributed by atoms with Gasteiger partial charge >= 0.3 is 0 Å². The third kappa shape index (κ3) is 10.5. The largest absolute Gasteiger partial charge is 0.493 e. The molecular weight excluding hydrogens is 642 g/mol. The van der Waals surface area contributed by atoms with Gasteiger partial charge in [-0.05, 0) is 82.2 Å². The van der Waals surface area contributed by atoms with E-state index in [-0.39, 0.29) is 18.1 Å². The minimum atomic E-state index is -1.19. The maximum Gasteiger partial charge on any atom is 0.252 e. The number of nitrogens with zero attached hydrogens (tertiary/aromatic N) is 5. The van der Waals surface area contributed by atoms with Crippen LogP contribution in [-0.2, 0) is 29.3 Å². The molecule has 5 N–H and O–H groups in total. The summed E-state index contributed by atoms with van der Waals surface area (Å²) < 4.78 is 13.3. The Bertz CT molecular complexity index is 1580. The van der Waals surface area contributed by atoms with Gasteiger partial charge < -0.3 is 30.5 Å². The number of benzene rings is 1. The minimum Gasteiger partial charge on any atom is -0.493 e. The van der Waals surface area contributed by atoms with Crippen LogP contribution in [0.5, 0.6) is 11.5 Å². The van der Waals surface area contributed by atoms with E-state index in [1.54, 1.807) is 22.9 Å². The van der Waals surface area contributed by atoms with Crippen LogP contribution in [0.15, 0.2) is 30.5 Å². The lowest BCUT2D eigenvalue weighted by atomic mass is 10.0. The van der Waals surface area contributed by atoms with Crippen molar-refractivity contribution < 1.29 is 29.0 Å². The van der Waals surface area contributed by atoms with Gasteiger partial charge in [0, 0.05) is 43.4 Å². The Balaban J connectivity index is 1.34. The van der Waals surface area contributed by atoms with E-state index in [2.05, 4.69) is 47.4 Å². The molecule has 4 bridgehead atoms. The number of nitrogens with one attached hydrogen (secondary N) is 4. The number of amides is 3. The topological polar surface area (TPSA) is 189 Å². The molecule has 15 nitrogen and oxygen atoms in total. The van der Waals surface area contributed by atoms with Crippen LogP contribution in [0.1, 0.15) is 92.7 Å². The van der Waals surface area contributed by atoms with Crippen LogP contribution in [0.25, 0.3) is 0 Å². The van der Waals surface area contributed by atoms with Crippen molar-refractivity contribution in [2.75, 3.05) is 26.7 Å². The zero-order valence-corrected chi connectivity index (χ0v) is 29.5. The van der Waals surface area contributed by atoms with Gasteiger partial charge in [-0.25, -0.2) is 0 Å². The average Bonchev–Trinajstić information content (AvgIpc) is 3.66. The molecule has 1 aromatic carbocycles. The molecule has 5 rings (SSSR count). The quantitative estimate of drug-likeness (QED) is 0.246. The van der Waals surface area contributed by atoms with Crippen LogP contribution in [0.4, 0.5) is 0 Å². The van der Waals surface area contributed by atoms with E-state index in [0.29, 0.717) is 49.0 Å². The summed E-state index contributed by atoms with van der Waals surface area (Å²) in [5, 5.41) is 35.1. The molecule has 3 aromatic rings. The molecule has 3 amide bonds. The summed E-state index contributed by atoms with van der Waals surface area (Å²) >= 11 is 0. The molecule has 50 heavy (non-hydrogen) atoms. The number of aliphatic hydroxyl groups excluding tert-OH is 1. The van der Waals surface area contributed by atoms with Crippen molar-refractivity contribution in [1.82, 2.24) is 46.0 Å². The lowest BCUT2D eigenvalue weighted by Crippen LogP contribution is -2.57. The molecule has 2 aromatic heterocycles. The number of methoxy groups -OCH3 is 1. The predicted molar refractivity (Wildman–Crippen MR) is 184 cm³/mol. The fraction of sp³-hybridized carbons (Fsp3) is 0.600. The number of fused-ring (bicyclic) bond motifs is 4. The number of aliphatic hydroxyl groups is 1. The lowest BCUT2D eigenvalue weighted by Gasteiger charge is -2.26. The molecule has 0 saturated heterocycles. The van der Waals surface area contributed by atoms with Crippen molar-refractivity contribution in [3.63, 3.8) is 0 Å². The third-order valence-corrected chi connectivity index (χ3v) is 8.88. The standard InChI is InChI=1S/C35H51N9O6/c1-22(2)16-29-34(47)38-32(23(3)45)35(48)36-12-5-6-13-43(19-26-18-28(41-39-26)24-8-9-24)14-7-15-44-20-27(40-42-44)21-50-31-17-25(33(46)37-29)10-11-30(31)49-4/h10-11,17-18,20,22-24,29,32,45H,5-9,12-16,19,21H2,1-4H3,(H,36,48)(H,37,46)(H,38,47)(H,39,41)/t23-,29-,32+/m1/s1. The van der Waals surface area contributed by atoms with Crippen LogP contribution >= 0.6 is 0 Å². The summed E-state index contributed by atoms with van der Waals surface area (Å²) in [6.07, 6.45) is 5.77. The van der Waals surface area contributed by atoms with Crippen molar-refractivity contribution in [2.24, 2.45) is 5.92 Å². The second-order valence-corrected chi connectivity index (χ2v) is 13.7. The van der Waals surface area contributed by atoms with E-state index in [0.717, 1.165) is 43.9 Å². The summed E-state index contributed by atoms with van der Waals surface area (Å²) in [5.41, 5.74) is 3.10. The number of aryl methyl sites for hydroxylation is 1. The summed E-state index contributed by atoms with van der Waals surface area (Å²) in [6.45, 7) is 8.83. The molecule has 1 fully saturated rings. The summed E-state index contributed by atoms with van der Waals surface area (Å²) in [5.74, 6) is -0.156.